The van der Waals surface area contributed by atoms with E-state index in [0.717, 1.165) is 19.3 Å². The van der Waals surface area contributed by atoms with E-state index in [0.29, 0.717) is 36.9 Å². The van der Waals surface area contributed by atoms with Crippen LogP contribution in [0.4, 0.5) is 5.69 Å². The Morgan fingerprint density at radius 3 is 2.71 bits per heavy atom. The van der Waals surface area contributed by atoms with Gasteiger partial charge in [-0.05, 0) is 49.4 Å². The zero-order valence-corrected chi connectivity index (χ0v) is 16.7. The van der Waals surface area contributed by atoms with Crippen LogP contribution in [0.3, 0.4) is 0 Å². The Morgan fingerprint density at radius 1 is 1.25 bits per heavy atom. The molecule has 28 heavy (non-hydrogen) atoms. The fourth-order valence-corrected chi connectivity index (χ4v) is 4.78. The predicted octanol–water partition coefficient (Wildman–Crippen LogP) is 2.91. The van der Waals surface area contributed by atoms with Crippen LogP contribution in [0.15, 0.2) is 53.7 Å². The predicted molar refractivity (Wildman–Crippen MR) is 107 cm³/mol. The maximum Gasteiger partial charge on any atom is 0.244 e. The van der Waals surface area contributed by atoms with Gasteiger partial charge in [-0.15, -0.1) is 0 Å². The molecule has 150 valence electrons. The van der Waals surface area contributed by atoms with Gasteiger partial charge in [0.15, 0.2) is 0 Å². The molecule has 0 saturated carbocycles. The minimum atomic E-state index is -3.48. The average Bonchev–Trinajstić information content (AvgIpc) is 2.73. The summed E-state index contributed by atoms with van der Waals surface area (Å²) in [6, 6.07) is 10.4. The molecule has 1 fully saturated rings. The lowest BCUT2D eigenvalue weighted by Crippen LogP contribution is -2.38. The number of amides is 1. The van der Waals surface area contributed by atoms with E-state index >= 15 is 0 Å². The third-order valence-corrected chi connectivity index (χ3v) is 6.86. The van der Waals surface area contributed by atoms with Crippen molar-refractivity contribution in [3.8, 4) is 5.75 Å². The maximum atomic E-state index is 12.6. The van der Waals surface area contributed by atoms with Crippen molar-refractivity contribution in [1.82, 2.24) is 9.29 Å². The summed E-state index contributed by atoms with van der Waals surface area (Å²) in [5.74, 6) is 0.995. The van der Waals surface area contributed by atoms with Crippen molar-refractivity contribution in [2.24, 2.45) is 5.92 Å². The topological polar surface area (TPSA) is 88.6 Å². The molecule has 2 heterocycles. The van der Waals surface area contributed by atoms with E-state index in [9.17, 15) is 13.2 Å². The Kier molecular flexibility index (Phi) is 6.64. The second-order valence-electron chi connectivity index (χ2n) is 6.85. The molecule has 1 saturated heterocycles. The van der Waals surface area contributed by atoms with E-state index < -0.39 is 10.0 Å². The lowest BCUT2D eigenvalue weighted by Gasteiger charge is -2.31. The van der Waals surface area contributed by atoms with Gasteiger partial charge < -0.3 is 10.1 Å². The van der Waals surface area contributed by atoms with Gasteiger partial charge in [0, 0.05) is 43.7 Å². The largest absolute Gasteiger partial charge is 0.497 e. The monoisotopic (exact) mass is 403 g/mol. The first-order valence-corrected chi connectivity index (χ1v) is 10.8. The molecule has 0 aliphatic carbocycles. The molecule has 0 bridgehead atoms. The summed E-state index contributed by atoms with van der Waals surface area (Å²) in [7, 11) is -1.90. The third kappa shape index (κ3) is 5.08. The molecule has 1 aromatic carbocycles. The van der Waals surface area contributed by atoms with Gasteiger partial charge >= 0.3 is 0 Å². The highest BCUT2D eigenvalue weighted by Crippen LogP contribution is 2.26. The summed E-state index contributed by atoms with van der Waals surface area (Å²) in [4.78, 5) is 16.3. The summed E-state index contributed by atoms with van der Waals surface area (Å²) < 4.78 is 31.9. The maximum absolute atomic E-state index is 12.6. The first-order chi connectivity index (χ1) is 13.5. The number of rotatable bonds is 7. The highest BCUT2D eigenvalue weighted by molar-refractivity contribution is 7.89. The molecule has 0 atom stereocenters. The number of sulfonamides is 1. The van der Waals surface area contributed by atoms with Gasteiger partial charge in [0.05, 0.1) is 7.11 Å². The number of nitrogens with one attached hydrogen (secondary N) is 1. The molecule has 3 rings (SSSR count). The molecule has 8 heteroatoms. The van der Waals surface area contributed by atoms with Gasteiger partial charge in [-0.1, -0.05) is 6.07 Å². The van der Waals surface area contributed by atoms with Crippen molar-refractivity contribution >= 4 is 21.6 Å². The summed E-state index contributed by atoms with van der Waals surface area (Å²) >= 11 is 0. The second kappa shape index (κ2) is 9.16. The minimum absolute atomic E-state index is 0.0429. The van der Waals surface area contributed by atoms with Gasteiger partial charge in [0.2, 0.25) is 15.9 Å². The zero-order chi connectivity index (χ0) is 20.0. The van der Waals surface area contributed by atoms with Gasteiger partial charge in [-0.25, -0.2) is 8.42 Å². The molecule has 1 N–H and O–H groups in total. The molecule has 1 aliphatic rings. The number of benzene rings is 1. The first kappa shape index (κ1) is 20.3. The summed E-state index contributed by atoms with van der Waals surface area (Å²) in [6.45, 7) is 0.943. The third-order valence-electron chi connectivity index (χ3n) is 4.98. The van der Waals surface area contributed by atoms with Gasteiger partial charge in [0.1, 0.15) is 10.6 Å². The number of nitrogens with zero attached hydrogens (tertiary/aromatic N) is 2. The van der Waals surface area contributed by atoms with Crippen molar-refractivity contribution in [2.45, 2.75) is 30.6 Å². The molecule has 1 aromatic heterocycles. The average molecular weight is 404 g/mol. The quantitative estimate of drug-likeness (QED) is 0.768. The zero-order valence-electron chi connectivity index (χ0n) is 15.9. The Labute approximate surface area is 165 Å². The normalized spacial score (nSPS) is 15.9. The van der Waals surface area contributed by atoms with E-state index in [4.69, 9.17) is 4.74 Å². The number of hydrogen-bond donors (Lipinski definition) is 1. The number of aromatic nitrogens is 1. The summed E-state index contributed by atoms with van der Waals surface area (Å²) in [6.07, 6.45) is 5.61. The number of anilines is 1. The Bertz CT molecular complexity index is 895. The van der Waals surface area contributed by atoms with Gasteiger partial charge in [-0.2, -0.15) is 4.31 Å². The number of ether oxygens (including phenoxy) is 1. The fourth-order valence-electron chi connectivity index (χ4n) is 3.35. The Balaban J connectivity index is 1.46. The van der Waals surface area contributed by atoms with Crippen LogP contribution in [0.5, 0.6) is 5.75 Å². The number of piperidine rings is 1. The van der Waals surface area contributed by atoms with Crippen LogP contribution < -0.4 is 10.1 Å². The van der Waals surface area contributed by atoms with Crippen LogP contribution in [0.2, 0.25) is 0 Å². The van der Waals surface area contributed by atoms with Gasteiger partial charge in [0.25, 0.3) is 0 Å². The van der Waals surface area contributed by atoms with Crippen LogP contribution in [-0.4, -0.2) is 43.8 Å². The smallest absolute Gasteiger partial charge is 0.244 e. The van der Waals surface area contributed by atoms with Crippen LogP contribution >= 0.6 is 0 Å². The number of carbonyl (C=O) groups is 1. The van der Waals surface area contributed by atoms with Crippen molar-refractivity contribution in [3.63, 3.8) is 0 Å². The minimum Gasteiger partial charge on any atom is -0.497 e. The molecule has 0 radical (unpaired) electrons. The fraction of sp³-hybridized carbons (Fsp3) is 0.400. The number of carbonyl (C=O) groups excluding carboxylic acids is 1. The Hall–Kier alpha value is -2.45. The second-order valence-corrected chi connectivity index (χ2v) is 8.79. The van der Waals surface area contributed by atoms with E-state index in [2.05, 4.69) is 10.3 Å². The van der Waals surface area contributed by atoms with Crippen molar-refractivity contribution in [3.05, 3.63) is 48.8 Å². The number of pyridine rings is 1. The Morgan fingerprint density at radius 2 is 2.04 bits per heavy atom. The molecule has 1 aliphatic heterocycles. The van der Waals surface area contributed by atoms with Crippen LogP contribution in [0.1, 0.15) is 25.7 Å². The van der Waals surface area contributed by atoms with Crippen molar-refractivity contribution < 1.29 is 17.9 Å². The highest BCUT2D eigenvalue weighted by atomic mass is 32.2. The SMILES string of the molecule is COc1cccc(NC(=O)CCC2CCN(S(=O)(=O)c3cccnc3)CC2)c1. The van der Waals surface area contributed by atoms with E-state index in [1.165, 1.54) is 10.5 Å². The van der Waals surface area contributed by atoms with Crippen molar-refractivity contribution in [2.75, 3.05) is 25.5 Å². The molecule has 0 unspecified atom stereocenters. The van der Waals surface area contributed by atoms with Gasteiger partial charge in [-0.3, -0.25) is 9.78 Å². The number of methoxy groups -OCH3 is 1. The lowest BCUT2D eigenvalue weighted by atomic mass is 9.93. The highest BCUT2D eigenvalue weighted by Gasteiger charge is 2.29. The molecule has 7 nitrogen and oxygen atoms in total. The number of hydrogen-bond acceptors (Lipinski definition) is 5. The van der Waals surface area contributed by atoms with E-state index in [-0.39, 0.29) is 10.8 Å². The van der Waals surface area contributed by atoms with Crippen LogP contribution in [0, 0.1) is 5.92 Å². The molecule has 1 amide bonds. The standard InChI is InChI=1S/C20H25N3O4S/c1-27-18-5-2-4-17(14-18)22-20(24)8-7-16-9-12-23(13-10-16)28(25,26)19-6-3-11-21-15-19/h2-6,11,14-16H,7-10,12-13H2,1H3,(H,22,24). The van der Waals surface area contributed by atoms with Crippen molar-refractivity contribution in [1.29, 1.82) is 0 Å². The van der Waals surface area contributed by atoms with E-state index in [1.807, 2.05) is 18.2 Å². The lowest BCUT2D eigenvalue weighted by molar-refractivity contribution is -0.116. The molecular formula is C20H25N3O4S. The van der Waals surface area contributed by atoms with Crippen LogP contribution in [-0.2, 0) is 14.8 Å². The van der Waals surface area contributed by atoms with Crippen LogP contribution in [0.25, 0.3) is 0 Å². The summed E-state index contributed by atoms with van der Waals surface area (Å²) in [5.41, 5.74) is 0.710. The molecule has 2 aromatic rings. The van der Waals surface area contributed by atoms with E-state index in [1.54, 1.807) is 31.5 Å². The first-order valence-electron chi connectivity index (χ1n) is 9.33. The molecule has 0 spiro atoms. The molecular weight excluding hydrogens is 378 g/mol. The summed E-state index contributed by atoms with van der Waals surface area (Å²) in [5, 5.41) is 2.88.